The van der Waals surface area contributed by atoms with E-state index in [1.165, 1.54) is 0 Å². The first-order chi connectivity index (χ1) is 11.0. The Bertz CT molecular complexity index is 950. The standard InChI is InChI=1S/C18H16BrNO3/c1-9(21)11-7-12-14(20)8-15(22-2)18(23-3)17(12)10-5-4-6-13(19)16(10)11/h4-8H,20H2,1-3H3. The van der Waals surface area contributed by atoms with Crippen molar-refractivity contribution in [2.24, 2.45) is 0 Å². The van der Waals surface area contributed by atoms with Crippen molar-refractivity contribution >= 4 is 48.9 Å². The number of fused-ring (bicyclic) bond motifs is 3. The summed E-state index contributed by atoms with van der Waals surface area (Å²) >= 11 is 3.55. The van der Waals surface area contributed by atoms with E-state index in [2.05, 4.69) is 15.9 Å². The summed E-state index contributed by atoms with van der Waals surface area (Å²) in [6.45, 7) is 1.55. The number of benzene rings is 3. The lowest BCUT2D eigenvalue weighted by atomic mass is 9.94. The molecular weight excluding hydrogens is 358 g/mol. The van der Waals surface area contributed by atoms with Gasteiger partial charge in [-0.3, -0.25) is 4.79 Å². The number of hydrogen-bond acceptors (Lipinski definition) is 4. The maximum absolute atomic E-state index is 12.1. The van der Waals surface area contributed by atoms with Crippen LogP contribution in [0, 0.1) is 0 Å². The number of ether oxygens (including phenoxy) is 2. The van der Waals surface area contributed by atoms with Crippen LogP contribution in [0.25, 0.3) is 21.5 Å². The first-order valence-electron chi connectivity index (χ1n) is 7.06. The van der Waals surface area contributed by atoms with Crippen LogP contribution in [0.15, 0.2) is 34.8 Å². The molecule has 0 unspecified atom stereocenters. The molecule has 3 aromatic carbocycles. The molecule has 0 aliphatic rings. The van der Waals surface area contributed by atoms with Crippen molar-refractivity contribution in [3.05, 3.63) is 40.4 Å². The van der Waals surface area contributed by atoms with Crippen LogP contribution < -0.4 is 15.2 Å². The number of halogens is 1. The number of hydrogen-bond donors (Lipinski definition) is 1. The minimum Gasteiger partial charge on any atom is -0.493 e. The topological polar surface area (TPSA) is 61.5 Å². The number of Topliss-reactive ketones (excluding diaryl/α,β-unsaturated/α-hetero) is 1. The zero-order chi connectivity index (χ0) is 16.7. The van der Waals surface area contributed by atoms with Crippen LogP contribution in [0.2, 0.25) is 0 Å². The Labute approximate surface area is 142 Å². The van der Waals surface area contributed by atoms with Gasteiger partial charge in [0.25, 0.3) is 0 Å². The molecule has 4 nitrogen and oxygen atoms in total. The second kappa shape index (κ2) is 5.74. The van der Waals surface area contributed by atoms with Crippen LogP contribution in [0.1, 0.15) is 17.3 Å². The van der Waals surface area contributed by atoms with E-state index < -0.39 is 0 Å². The highest BCUT2D eigenvalue weighted by Gasteiger charge is 2.19. The molecule has 3 rings (SSSR count). The van der Waals surface area contributed by atoms with Gasteiger partial charge in [0, 0.05) is 37.9 Å². The largest absolute Gasteiger partial charge is 0.493 e. The van der Waals surface area contributed by atoms with Crippen molar-refractivity contribution in [3.63, 3.8) is 0 Å². The van der Waals surface area contributed by atoms with E-state index in [0.717, 1.165) is 26.0 Å². The Balaban J connectivity index is 2.67. The number of carbonyl (C=O) groups is 1. The molecule has 5 heteroatoms. The number of methoxy groups -OCH3 is 2. The quantitative estimate of drug-likeness (QED) is 0.415. The Morgan fingerprint density at radius 1 is 1.09 bits per heavy atom. The van der Waals surface area contributed by atoms with E-state index in [-0.39, 0.29) is 5.78 Å². The molecule has 0 aromatic heterocycles. The number of carbonyl (C=O) groups excluding carboxylic acids is 1. The lowest BCUT2D eigenvalue weighted by molar-refractivity contribution is 0.101. The summed E-state index contributed by atoms with van der Waals surface area (Å²) in [5, 5.41) is 3.35. The summed E-state index contributed by atoms with van der Waals surface area (Å²) in [5.41, 5.74) is 7.36. The molecular formula is C18H16BrNO3. The van der Waals surface area contributed by atoms with Gasteiger partial charge in [0.2, 0.25) is 0 Å². The van der Waals surface area contributed by atoms with Crippen molar-refractivity contribution in [3.8, 4) is 11.5 Å². The number of anilines is 1. The molecule has 0 bridgehead atoms. The Kier molecular flexibility index (Phi) is 3.90. The van der Waals surface area contributed by atoms with Gasteiger partial charge in [-0.1, -0.05) is 28.1 Å². The zero-order valence-electron chi connectivity index (χ0n) is 13.1. The molecule has 0 saturated heterocycles. The van der Waals surface area contributed by atoms with E-state index in [0.29, 0.717) is 22.7 Å². The third-order valence-electron chi connectivity index (χ3n) is 3.96. The van der Waals surface area contributed by atoms with Crippen LogP contribution in [0.3, 0.4) is 0 Å². The third kappa shape index (κ3) is 2.32. The number of nitrogen functional groups attached to an aromatic ring is 1. The lowest BCUT2D eigenvalue weighted by Crippen LogP contribution is -2.00. The highest BCUT2D eigenvalue weighted by molar-refractivity contribution is 9.10. The van der Waals surface area contributed by atoms with Gasteiger partial charge in [-0.2, -0.15) is 0 Å². The highest BCUT2D eigenvalue weighted by Crippen LogP contribution is 2.45. The fourth-order valence-corrected chi connectivity index (χ4v) is 3.53. The van der Waals surface area contributed by atoms with E-state index in [4.69, 9.17) is 15.2 Å². The lowest BCUT2D eigenvalue weighted by Gasteiger charge is -2.17. The summed E-state index contributed by atoms with van der Waals surface area (Å²) in [4.78, 5) is 12.1. The van der Waals surface area contributed by atoms with E-state index in [1.807, 2.05) is 24.3 Å². The van der Waals surface area contributed by atoms with Crippen molar-refractivity contribution in [2.45, 2.75) is 6.92 Å². The van der Waals surface area contributed by atoms with E-state index in [9.17, 15) is 4.79 Å². The minimum absolute atomic E-state index is 0.0158. The highest BCUT2D eigenvalue weighted by atomic mass is 79.9. The molecule has 0 aliphatic carbocycles. The first kappa shape index (κ1) is 15.6. The molecule has 0 heterocycles. The van der Waals surface area contributed by atoms with Gasteiger partial charge in [0.1, 0.15) is 0 Å². The molecule has 0 fully saturated rings. The fourth-order valence-electron chi connectivity index (χ4n) is 2.95. The molecule has 0 saturated carbocycles. The monoisotopic (exact) mass is 373 g/mol. The Hall–Kier alpha value is -2.27. The molecule has 3 aromatic rings. The van der Waals surface area contributed by atoms with Crippen LogP contribution in [0.5, 0.6) is 11.5 Å². The van der Waals surface area contributed by atoms with Gasteiger partial charge in [-0.25, -0.2) is 0 Å². The van der Waals surface area contributed by atoms with Crippen LogP contribution in [-0.2, 0) is 0 Å². The normalized spacial score (nSPS) is 11.0. The van der Waals surface area contributed by atoms with E-state index in [1.54, 1.807) is 27.2 Å². The SMILES string of the molecule is COc1cc(N)c2cc(C(C)=O)c3c(Br)cccc3c2c1OC. The summed E-state index contributed by atoms with van der Waals surface area (Å²) in [6, 6.07) is 9.33. The van der Waals surface area contributed by atoms with Gasteiger partial charge in [0.15, 0.2) is 17.3 Å². The van der Waals surface area contributed by atoms with Crippen molar-refractivity contribution in [1.82, 2.24) is 0 Å². The molecule has 0 atom stereocenters. The Morgan fingerprint density at radius 2 is 1.83 bits per heavy atom. The van der Waals surface area contributed by atoms with Gasteiger partial charge in [-0.05, 0) is 24.4 Å². The number of ketones is 1. The molecule has 0 aliphatic heterocycles. The van der Waals surface area contributed by atoms with Crippen molar-refractivity contribution in [2.75, 3.05) is 20.0 Å². The Morgan fingerprint density at radius 3 is 2.43 bits per heavy atom. The van der Waals surface area contributed by atoms with Crippen LogP contribution >= 0.6 is 15.9 Å². The maximum Gasteiger partial charge on any atom is 0.169 e. The fraction of sp³-hybridized carbons (Fsp3) is 0.167. The molecule has 0 amide bonds. The third-order valence-corrected chi connectivity index (χ3v) is 4.62. The zero-order valence-corrected chi connectivity index (χ0v) is 14.7. The average Bonchev–Trinajstić information content (AvgIpc) is 2.54. The molecule has 23 heavy (non-hydrogen) atoms. The number of rotatable bonds is 3. The smallest absolute Gasteiger partial charge is 0.169 e. The van der Waals surface area contributed by atoms with Crippen molar-refractivity contribution < 1.29 is 14.3 Å². The van der Waals surface area contributed by atoms with Gasteiger partial charge < -0.3 is 15.2 Å². The van der Waals surface area contributed by atoms with Gasteiger partial charge in [0.05, 0.1) is 14.2 Å². The second-order valence-electron chi connectivity index (χ2n) is 5.27. The predicted molar refractivity (Wildman–Crippen MR) is 96.7 cm³/mol. The van der Waals surface area contributed by atoms with Gasteiger partial charge in [-0.15, -0.1) is 0 Å². The molecule has 2 N–H and O–H groups in total. The second-order valence-corrected chi connectivity index (χ2v) is 6.12. The molecule has 118 valence electrons. The average molecular weight is 374 g/mol. The van der Waals surface area contributed by atoms with Crippen molar-refractivity contribution in [1.29, 1.82) is 0 Å². The first-order valence-corrected chi connectivity index (χ1v) is 7.85. The van der Waals surface area contributed by atoms with Gasteiger partial charge >= 0.3 is 0 Å². The van der Waals surface area contributed by atoms with Crippen LogP contribution in [0.4, 0.5) is 5.69 Å². The molecule has 0 radical (unpaired) electrons. The molecule has 0 spiro atoms. The van der Waals surface area contributed by atoms with Crippen LogP contribution in [-0.4, -0.2) is 20.0 Å². The minimum atomic E-state index is -0.0158. The summed E-state index contributed by atoms with van der Waals surface area (Å²) < 4.78 is 11.8. The summed E-state index contributed by atoms with van der Waals surface area (Å²) in [5.74, 6) is 1.15. The summed E-state index contributed by atoms with van der Waals surface area (Å²) in [7, 11) is 3.17. The predicted octanol–water partition coefficient (Wildman–Crippen LogP) is 4.56. The number of nitrogens with two attached hydrogens (primary N) is 1. The summed E-state index contributed by atoms with van der Waals surface area (Å²) in [6.07, 6.45) is 0. The maximum atomic E-state index is 12.1. The van der Waals surface area contributed by atoms with E-state index >= 15 is 0 Å².